The number of nitrogens with one attached hydrogen (secondary N) is 2. The maximum absolute atomic E-state index is 11.0. The van der Waals surface area contributed by atoms with Crippen LogP contribution in [0.15, 0.2) is 71.1 Å². The number of aromatic nitrogens is 3. The number of nitrogens with zero attached hydrogens (tertiary/aromatic N) is 3. The van der Waals surface area contributed by atoms with E-state index in [1.807, 2.05) is 48.7 Å². The average Bonchev–Trinajstić information content (AvgIpc) is 2.62. The van der Waals surface area contributed by atoms with Crippen molar-refractivity contribution in [2.75, 3.05) is 10.6 Å². The number of amides is 1. The largest absolute Gasteiger partial charge is 0.366 e. The van der Waals surface area contributed by atoms with Crippen LogP contribution in [0.4, 0.5) is 11.5 Å². The highest BCUT2D eigenvalue weighted by molar-refractivity contribution is 7.99. The first-order valence-corrected chi connectivity index (χ1v) is 8.51. The lowest BCUT2D eigenvalue weighted by Gasteiger charge is -2.07. The molecule has 0 atom stereocenters. The lowest BCUT2D eigenvalue weighted by Crippen LogP contribution is -2.05. The van der Waals surface area contributed by atoms with Crippen LogP contribution in [-0.4, -0.2) is 20.9 Å². The van der Waals surface area contributed by atoms with E-state index in [2.05, 4.69) is 25.6 Å². The molecule has 0 radical (unpaired) electrons. The van der Waals surface area contributed by atoms with Crippen LogP contribution in [0.1, 0.15) is 12.5 Å². The molecular formula is C18H17N5OS. The first-order valence-electron chi connectivity index (χ1n) is 7.69. The molecule has 3 rings (SSSR count). The molecule has 0 fully saturated rings. The van der Waals surface area contributed by atoms with Gasteiger partial charge in [0.15, 0.2) is 0 Å². The van der Waals surface area contributed by atoms with Crippen LogP contribution >= 0.6 is 11.8 Å². The number of anilines is 2. The molecule has 0 saturated carbocycles. The minimum Gasteiger partial charge on any atom is -0.366 e. The molecule has 126 valence electrons. The zero-order chi connectivity index (χ0) is 17.5. The van der Waals surface area contributed by atoms with Crippen LogP contribution in [0.2, 0.25) is 0 Å². The van der Waals surface area contributed by atoms with Crippen molar-refractivity contribution in [3.05, 3.63) is 66.7 Å². The molecule has 3 aromatic rings. The third kappa shape index (κ3) is 5.29. The fraction of sp³-hybridized carbons (Fsp3) is 0.111. The summed E-state index contributed by atoms with van der Waals surface area (Å²) >= 11 is 1.53. The van der Waals surface area contributed by atoms with E-state index in [1.54, 1.807) is 12.5 Å². The fourth-order valence-corrected chi connectivity index (χ4v) is 2.90. The summed E-state index contributed by atoms with van der Waals surface area (Å²) < 4.78 is 0. The van der Waals surface area contributed by atoms with Crippen molar-refractivity contribution in [2.24, 2.45) is 0 Å². The van der Waals surface area contributed by atoms with E-state index in [4.69, 9.17) is 0 Å². The van der Waals surface area contributed by atoms with E-state index >= 15 is 0 Å². The highest BCUT2D eigenvalue weighted by atomic mass is 32.2. The summed E-state index contributed by atoms with van der Waals surface area (Å²) in [7, 11) is 0. The SMILES string of the molecule is CC(=O)Nc1ccc(Sc2cc(NCc3cccnc3)ncn2)cc1. The molecular weight excluding hydrogens is 334 g/mol. The predicted octanol–water partition coefficient (Wildman–Crippen LogP) is 3.59. The fourth-order valence-electron chi connectivity index (χ4n) is 2.12. The number of benzene rings is 1. The highest BCUT2D eigenvalue weighted by Crippen LogP contribution is 2.28. The molecule has 0 bridgehead atoms. The van der Waals surface area contributed by atoms with Crippen LogP contribution in [0, 0.1) is 0 Å². The number of pyridine rings is 1. The van der Waals surface area contributed by atoms with Gasteiger partial charge in [0.1, 0.15) is 17.2 Å². The highest BCUT2D eigenvalue weighted by Gasteiger charge is 2.03. The molecule has 25 heavy (non-hydrogen) atoms. The Hall–Kier alpha value is -2.93. The van der Waals surface area contributed by atoms with E-state index < -0.39 is 0 Å². The molecule has 1 aromatic carbocycles. The maximum Gasteiger partial charge on any atom is 0.221 e. The van der Waals surface area contributed by atoms with Gasteiger partial charge in [-0.15, -0.1) is 0 Å². The van der Waals surface area contributed by atoms with Crippen molar-refractivity contribution >= 4 is 29.2 Å². The lowest BCUT2D eigenvalue weighted by atomic mass is 10.3. The second-order valence-electron chi connectivity index (χ2n) is 5.26. The molecule has 0 saturated heterocycles. The van der Waals surface area contributed by atoms with E-state index in [0.29, 0.717) is 6.54 Å². The number of carbonyl (C=O) groups excluding carboxylic acids is 1. The lowest BCUT2D eigenvalue weighted by molar-refractivity contribution is -0.114. The molecule has 2 heterocycles. The second kappa shape index (κ2) is 8.25. The van der Waals surface area contributed by atoms with Gasteiger partial charge in [0.25, 0.3) is 0 Å². The maximum atomic E-state index is 11.0. The molecule has 0 aliphatic rings. The van der Waals surface area contributed by atoms with Gasteiger partial charge >= 0.3 is 0 Å². The van der Waals surface area contributed by atoms with Crippen molar-refractivity contribution in [3.63, 3.8) is 0 Å². The topological polar surface area (TPSA) is 79.8 Å². The van der Waals surface area contributed by atoms with Crippen molar-refractivity contribution in [2.45, 2.75) is 23.4 Å². The molecule has 1 amide bonds. The zero-order valence-electron chi connectivity index (χ0n) is 13.6. The summed E-state index contributed by atoms with van der Waals surface area (Å²) in [6, 6.07) is 13.4. The summed E-state index contributed by atoms with van der Waals surface area (Å²) in [6.45, 7) is 2.14. The summed E-state index contributed by atoms with van der Waals surface area (Å²) in [5.41, 5.74) is 1.86. The van der Waals surface area contributed by atoms with Gasteiger partial charge in [-0.25, -0.2) is 9.97 Å². The molecule has 6 nitrogen and oxygen atoms in total. The smallest absolute Gasteiger partial charge is 0.221 e. The summed E-state index contributed by atoms with van der Waals surface area (Å²) in [5.74, 6) is 0.678. The third-order valence-electron chi connectivity index (χ3n) is 3.24. The van der Waals surface area contributed by atoms with E-state index in [9.17, 15) is 4.79 Å². The van der Waals surface area contributed by atoms with Gasteiger partial charge in [-0.1, -0.05) is 17.8 Å². The minimum atomic E-state index is -0.0828. The Morgan fingerprint density at radius 2 is 2.00 bits per heavy atom. The predicted molar refractivity (Wildman–Crippen MR) is 98.5 cm³/mol. The van der Waals surface area contributed by atoms with Crippen LogP contribution in [-0.2, 0) is 11.3 Å². The van der Waals surface area contributed by atoms with Crippen LogP contribution in [0.3, 0.4) is 0 Å². The van der Waals surface area contributed by atoms with Gasteiger partial charge in [0, 0.05) is 42.5 Å². The quantitative estimate of drug-likeness (QED) is 0.661. The summed E-state index contributed by atoms with van der Waals surface area (Å²) in [5, 5.41) is 6.86. The number of carbonyl (C=O) groups is 1. The minimum absolute atomic E-state index is 0.0828. The normalized spacial score (nSPS) is 10.3. The van der Waals surface area contributed by atoms with Gasteiger partial charge < -0.3 is 10.6 Å². The Labute approximate surface area is 150 Å². The molecule has 2 aromatic heterocycles. The Balaban J connectivity index is 1.62. The van der Waals surface area contributed by atoms with E-state index in [1.165, 1.54) is 18.7 Å². The van der Waals surface area contributed by atoms with E-state index in [0.717, 1.165) is 27.0 Å². The van der Waals surface area contributed by atoms with Gasteiger partial charge in [-0.2, -0.15) is 0 Å². The first kappa shape index (κ1) is 16.9. The summed E-state index contributed by atoms with van der Waals surface area (Å²) in [6.07, 6.45) is 5.11. The van der Waals surface area contributed by atoms with Gasteiger partial charge in [-0.3, -0.25) is 9.78 Å². The van der Waals surface area contributed by atoms with Crippen molar-refractivity contribution in [3.8, 4) is 0 Å². The molecule has 0 aliphatic carbocycles. The van der Waals surface area contributed by atoms with Crippen LogP contribution in [0.5, 0.6) is 0 Å². The van der Waals surface area contributed by atoms with Crippen molar-refractivity contribution < 1.29 is 4.79 Å². The third-order valence-corrected chi connectivity index (χ3v) is 4.18. The van der Waals surface area contributed by atoms with Gasteiger partial charge in [-0.05, 0) is 35.9 Å². The Morgan fingerprint density at radius 3 is 2.72 bits per heavy atom. The first-order chi connectivity index (χ1) is 12.2. The van der Waals surface area contributed by atoms with Crippen molar-refractivity contribution in [1.82, 2.24) is 15.0 Å². The monoisotopic (exact) mass is 351 g/mol. The number of hydrogen-bond donors (Lipinski definition) is 2. The Bertz CT molecular complexity index is 840. The summed E-state index contributed by atoms with van der Waals surface area (Å²) in [4.78, 5) is 24.7. The number of rotatable bonds is 6. The average molecular weight is 351 g/mol. The molecule has 0 aliphatic heterocycles. The second-order valence-corrected chi connectivity index (χ2v) is 6.36. The van der Waals surface area contributed by atoms with Crippen LogP contribution in [0.25, 0.3) is 0 Å². The molecule has 0 unspecified atom stereocenters. The molecule has 2 N–H and O–H groups in total. The molecule has 7 heteroatoms. The Morgan fingerprint density at radius 1 is 1.16 bits per heavy atom. The van der Waals surface area contributed by atoms with Gasteiger partial charge in [0.2, 0.25) is 5.91 Å². The van der Waals surface area contributed by atoms with Crippen molar-refractivity contribution in [1.29, 1.82) is 0 Å². The van der Waals surface area contributed by atoms with Gasteiger partial charge in [0.05, 0.1) is 0 Å². The number of hydrogen-bond acceptors (Lipinski definition) is 6. The van der Waals surface area contributed by atoms with Crippen LogP contribution < -0.4 is 10.6 Å². The molecule has 0 spiro atoms. The standard InChI is InChI=1S/C18H17N5OS/c1-13(24)23-15-4-6-16(7-5-15)25-18-9-17(21-12-22-18)20-11-14-3-2-8-19-10-14/h2-10,12H,11H2,1H3,(H,23,24)(H,20,21,22). The van der Waals surface area contributed by atoms with E-state index in [-0.39, 0.29) is 5.91 Å². The Kier molecular flexibility index (Phi) is 5.58. The zero-order valence-corrected chi connectivity index (χ0v) is 14.5.